The second kappa shape index (κ2) is 10.8. The lowest BCUT2D eigenvalue weighted by Gasteiger charge is -2.31. The fraction of sp³-hybridized carbons (Fsp3) is 0.357. The van der Waals surface area contributed by atoms with Gasteiger partial charge in [0.1, 0.15) is 0 Å². The van der Waals surface area contributed by atoms with Gasteiger partial charge in [0.15, 0.2) is 0 Å². The monoisotopic (exact) mass is 584 g/mol. The molecule has 34 heavy (non-hydrogen) atoms. The van der Waals surface area contributed by atoms with Crippen molar-refractivity contribution < 1.29 is 0 Å². The molecule has 6 heteroatoms. The van der Waals surface area contributed by atoms with Gasteiger partial charge in [-0.1, -0.05) is 62.2 Å². The Morgan fingerprint density at radius 1 is 0.765 bits per heavy atom. The van der Waals surface area contributed by atoms with Crippen LogP contribution in [0.4, 0.5) is 11.4 Å². The van der Waals surface area contributed by atoms with Gasteiger partial charge in [-0.2, -0.15) is 0 Å². The summed E-state index contributed by atoms with van der Waals surface area (Å²) in [6.07, 6.45) is 2.10. The third-order valence-electron chi connectivity index (χ3n) is 6.97. The summed E-state index contributed by atoms with van der Waals surface area (Å²) in [6, 6.07) is 14.9. The zero-order valence-corrected chi connectivity index (χ0v) is 23.5. The van der Waals surface area contributed by atoms with Crippen LogP contribution in [0.2, 0.25) is 0 Å². The molecule has 0 aliphatic carbocycles. The number of likely N-dealkylation sites (N-methyl/N-ethyl adjacent to an activating group) is 1. The van der Waals surface area contributed by atoms with Gasteiger partial charge in [-0.3, -0.25) is 4.90 Å². The maximum absolute atomic E-state index is 6.23. The van der Waals surface area contributed by atoms with Crippen LogP contribution < -0.4 is 11.5 Å². The minimum atomic E-state index is 0.968. The van der Waals surface area contributed by atoms with Crippen LogP contribution in [0.15, 0.2) is 51.4 Å². The molecule has 180 valence electrons. The number of benzene rings is 3. The molecule has 2 aliphatic heterocycles. The van der Waals surface area contributed by atoms with Crippen molar-refractivity contribution in [1.29, 1.82) is 0 Å². The molecule has 0 radical (unpaired) electrons. The van der Waals surface area contributed by atoms with Gasteiger partial charge in [0.05, 0.1) is 0 Å². The highest BCUT2D eigenvalue weighted by Gasteiger charge is 2.22. The molecule has 0 aromatic heterocycles. The molecule has 5 rings (SSSR count). The molecule has 2 aliphatic rings. The lowest BCUT2D eigenvalue weighted by Crippen LogP contribution is -2.31. The maximum Gasteiger partial charge on any atom is 0.0380 e. The number of halogens is 2. The van der Waals surface area contributed by atoms with E-state index in [-0.39, 0.29) is 0 Å². The van der Waals surface area contributed by atoms with Crippen molar-refractivity contribution >= 4 is 43.2 Å². The minimum Gasteiger partial charge on any atom is -0.398 e. The largest absolute Gasteiger partial charge is 0.398 e. The van der Waals surface area contributed by atoms with Gasteiger partial charge in [-0.15, -0.1) is 0 Å². The normalized spacial score (nSPS) is 15.8. The molecule has 3 aromatic rings. The van der Waals surface area contributed by atoms with Gasteiger partial charge in [0.25, 0.3) is 0 Å². The summed E-state index contributed by atoms with van der Waals surface area (Å²) >= 11 is 7.31. The molecule has 4 nitrogen and oxygen atoms in total. The van der Waals surface area contributed by atoms with Crippen LogP contribution in [-0.4, -0.2) is 29.9 Å². The molecule has 0 saturated heterocycles. The summed E-state index contributed by atoms with van der Waals surface area (Å²) in [5, 5.41) is 0. The second-order valence-electron chi connectivity index (χ2n) is 9.53. The summed E-state index contributed by atoms with van der Waals surface area (Å²) in [7, 11) is 2.14. The quantitative estimate of drug-likeness (QED) is 0.350. The van der Waals surface area contributed by atoms with E-state index in [1.807, 2.05) is 0 Å². The van der Waals surface area contributed by atoms with Crippen LogP contribution in [0, 0.1) is 13.8 Å². The Bertz CT molecular complexity index is 1180. The maximum atomic E-state index is 6.23. The average Bonchev–Trinajstić information content (AvgIpc) is 2.82. The van der Waals surface area contributed by atoms with E-state index < -0.39 is 0 Å². The zero-order chi connectivity index (χ0) is 24.4. The van der Waals surface area contributed by atoms with Gasteiger partial charge in [-0.05, 0) is 84.8 Å². The van der Waals surface area contributed by atoms with Crippen molar-refractivity contribution in [3.63, 3.8) is 0 Å². The van der Waals surface area contributed by atoms with E-state index >= 15 is 0 Å². The van der Waals surface area contributed by atoms with Gasteiger partial charge < -0.3 is 16.4 Å². The molecule has 0 amide bonds. The van der Waals surface area contributed by atoms with Crippen molar-refractivity contribution in [2.75, 3.05) is 31.6 Å². The van der Waals surface area contributed by atoms with E-state index in [0.29, 0.717) is 0 Å². The third kappa shape index (κ3) is 5.51. The number of hydrogen-bond acceptors (Lipinski definition) is 4. The van der Waals surface area contributed by atoms with Crippen molar-refractivity contribution in [3.8, 4) is 0 Å². The molecule has 2 heterocycles. The number of nitrogen functional groups attached to an aromatic ring is 2. The Morgan fingerprint density at radius 2 is 1.29 bits per heavy atom. The Kier molecular flexibility index (Phi) is 8.03. The van der Waals surface area contributed by atoms with Crippen molar-refractivity contribution in [2.45, 2.75) is 46.3 Å². The highest BCUT2D eigenvalue weighted by atomic mass is 79.9. The summed E-state index contributed by atoms with van der Waals surface area (Å²) in [6.45, 7) is 9.29. The summed E-state index contributed by atoms with van der Waals surface area (Å²) in [5.74, 6) is 0. The smallest absolute Gasteiger partial charge is 0.0380 e. The molecule has 0 bridgehead atoms. The average molecular weight is 586 g/mol. The van der Waals surface area contributed by atoms with Crippen molar-refractivity contribution in [1.82, 2.24) is 9.80 Å². The number of fused-ring (bicyclic) bond motifs is 2. The molecule has 3 aromatic carbocycles. The first-order valence-corrected chi connectivity index (χ1v) is 13.4. The zero-order valence-electron chi connectivity index (χ0n) is 20.3. The Labute approximate surface area is 220 Å². The third-order valence-corrected chi connectivity index (χ3v) is 8.39. The Morgan fingerprint density at radius 3 is 1.88 bits per heavy atom. The van der Waals surface area contributed by atoms with E-state index in [0.717, 1.165) is 56.9 Å². The first-order chi connectivity index (χ1) is 16.2. The minimum absolute atomic E-state index is 0.968. The Hall–Kier alpha value is -1.86. The highest BCUT2D eigenvalue weighted by molar-refractivity contribution is 9.10. The number of hydrogen-bond donors (Lipinski definition) is 2. The fourth-order valence-electron chi connectivity index (χ4n) is 4.91. The summed E-state index contributed by atoms with van der Waals surface area (Å²) in [5.41, 5.74) is 23.4. The van der Waals surface area contributed by atoms with E-state index in [2.05, 4.69) is 105 Å². The Balaban J connectivity index is 0.000000172. The highest BCUT2D eigenvalue weighted by Crippen LogP contribution is 2.34. The predicted molar refractivity (Wildman–Crippen MR) is 151 cm³/mol. The van der Waals surface area contributed by atoms with Gasteiger partial charge >= 0.3 is 0 Å². The number of nitrogens with zero attached hydrogens (tertiary/aromatic N) is 2. The van der Waals surface area contributed by atoms with Crippen molar-refractivity contribution in [3.05, 3.63) is 90.4 Å². The van der Waals surface area contributed by atoms with Crippen LogP contribution in [0.5, 0.6) is 0 Å². The van der Waals surface area contributed by atoms with Crippen LogP contribution in [0.25, 0.3) is 0 Å². The predicted octanol–water partition coefficient (Wildman–Crippen LogP) is 6.23. The molecule has 0 saturated carbocycles. The molecule has 0 atom stereocenters. The first-order valence-electron chi connectivity index (χ1n) is 11.8. The van der Waals surface area contributed by atoms with Crippen LogP contribution in [0.3, 0.4) is 0 Å². The number of anilines is 2. The standard InChI is InChI=1S/C17H19BrN2.C11H15BrN2/c1-12-9-16(18)15-11-20(8-7-14(15)17(12)19)10-13-5-3-2-4-6-13;1-7-5-10(12)9-6-14(2)4-3-8(9)11(7)13/h2-6,9H,7-8,10-11,19H2,1H3;5H,3-4,6,13H2,1-2H3. The fourth-order valence-corrected chi connectivity index (χ4v) is 6.33. The van der Waals surface area contributed by atoms with Crippen LogP contribution in [0.1, 0.15) is 38.9 Å². The van der Waals surface area contributed by atoms with E-state index in [9.17, 15) is 0 Å². The molecule has 0 spiro atoms. The molecule has 4 N–H and O–H groups in total. The SMILES string of the molecule is Cc1cc(Br)c2c(c1N)CCN(C)C2.Cc1cc(Br)c2c(c1N)CCN(Cc1ccccc1)C2. The number of aryl methyl sites for hydroxylation is 2. The number of nitrogens with two attached hydrogens (primary N) is 2. The summed E-state index contributed by atoms with van der Waals surface area (Å²) < 4.78 is 2.39. The second-order valence-corrected chi connectivity index (χ2v) is 11.2. The topological polar surface area (TPSA) is 58.5 Å². The lowest BCUT2D eigenvalue weighted by molar-refractivity contribution is 0.245. The molecular formula is C28H34Br2N4. The molecule has 0 fully saturated rings. The summed E-state index contributed by atoms with van der Waals surface area (Å²) in [4.78, 5) is 4.80. The molecule has 0 unspecified atom stereocenters. The van der Waals surface area contributed by atoms with Gasteiger partial charge in [0, 0.05) is 53.0 Å². The molecular weight excluding hydrogens is 552 g/mol. The van der Waals surface area contributed by atoms with Gasteiger partial charge in [0.2, 0.25) is 0 Å². The van der Waals surface area contributed by atoms with Crippen LogP contribution >= 0.6 is 31.9 Å². The van der Waals surface area contributed by atoms with Crippen LogP contribution in [-0.2, 0) is 32.5 Å². The van der Waals surface area contributed by atoms with Gasteiger partial charge in [-0.25, -0.2) is 0 Å². The van der Waals surface area contributed by atoms with E-state index in [1.54, 1.807) is 0 Å². The number of rotatable bonds is 2. The van der Waals surface area contributed by atoms with Crippen molar-refractivity contribution in [2.24, 2.45) is 0 Å². The van der Waals surface area contributed by atoms with E-state index in [1.165, 1.54) is 47.9 Å². The van der Waals surface area contributed by atoms with E-state index in [4.69, 9.17) is 11.5 Å². The first kappa shape index (κ1) is 25.2. The lowest BCUT2D eigenvalue weighted by atomic mass is 9.95.